The topological polar surface area (TPSA) is 169 Å². The number of hydrogen-bond donors (Lipinski definition) is 1. The second-order valence-electron chi connectivity index (χ2n) is 4.70. The standard InChI is InChI=1S/C17H18O12/c1-25-13(20)5-7-16(23)28-10-11(9-27-15(22)4-3-12(18)19)29-17(24)8-6-14(21)26-2/h3-8,11H,9-10H2,1-2H3,(H,18,19). The molecule has 0 spiro atoms. The van der Waals surface area contributed by atoms with Crippen LogP contribution in [0.3, 0.4) is 0 Å². The molecule has 0 aromatic rings. The van der Waals surface area contributed by atoms with Gasteiger partial charge in [-0.1, -0.05) is 0 Å². The van der Waals surface area contributed by atoms with Crippen LogP contribution >= 0.6 is 0 Å². The lowest BCUT2D eigenvalue weighted by Gasteiger charge is -2.16. The average molecular weight is 414 g/mol. The first-order chi connectivity index (χ1) is 13.7. The SMILES string of the molecule is COC(=O)C=CC(=O)OCC(COC(=O)C=CC(=O)O)OC(=O)C=CC(=O)OC. The van der Waals surface area contributed by atoms with Crippen molar-refractivity contribution in [1.29, 1.82) is 0 Å². The van der Waals surface area contributed by atoms with E-state index < -0.39 is 55.1 Å². The first kappa shape index (κ1) is 25.0. The minimum Gasteiger partial charge on any atom is -0.478 e. The molecule has 1 atom stereocenters. The summed E-state index contributed by atoms with van der Waals surface area (Å²) < 4.78 is 22.9. The molecule has 0 aromatic carbocycles. The lowest BCUT2D eigenvalue weighted by atomic mass is 10.4. The van der Waals surface area contributed by atoms with E-state index in [1.165, 1.54) is 0 Å². The van der Waals surface area contributed by atoms with E-state index in [9.17, 15) is 28.8 Å². The van der Waals surface area contributed by atoms with Gasteiger partial charge in [-0.15, -0.1) is 0 Å². The second kappa shape index (κ2) is 14.1. The Morgan fingerprint density at radius 2 is 1.03 bits per heavy atom. The molecule has 0 amide bonds. The first-order valence-electron chi connectivity index (χ1n) is 7.65. The highest BCUT2D eigenvalue weighted by molar-refractivity contribution is 5.92. The number of esters is 5. The predicted octanol–water partition coefficient (Wildman–Crippen LogP) is -0.916. The number of carbonyl (C=O) groups is 6. The molecule has 158 valence electrons. The fourth-order valence-electron chi connectivity index (χ4n) is 1.31. The largest absolute Gasteiger partial charge is 0.478 e. The normalized spacial score (nSPS) is 11.8. The van der Waals surface area contributed by atoms with Gasteiger partial charge in [-0.2, -0.15) is 0 Å². The molecule has 0 fully saturated rings. The third-order valence-electron chi connectivity index (χ3n) is 2.58. The van der Waals surface area contributed by atoms with Crippen LogP contribution in [0, 0.1) is 0 Å². The van der Waals surface area contributed by atoms with Gasteiger partial charge in [0, 0.05) is 36.5 Å². The molecule has 0 aliphatic rings. The van der Waals surface area contributed by atoms with Gasteiger partial charge < -0.3 is 28.8 Å². The van der Waals surface area contributed by atoms with Crippen LogP contribution in [0.1, 0.15) is 0 Å². The fourth-order valence-corrected chi connectivity index (χ4v) is 1.31. The van der Waals surface area contributed by atoms with Gasteiger partial charge in [0.2, 0.25) is 0 Å². The fraction of sp³-hybridized carbons (Fsp3) is 0.294. The maximum Gasteiger partial charge on any atom is 0.331 e. The molecule has 1 N–H and O–H groups in total. The summed E-state index contributed by atoms with van der Waals surface area (Å²) >= 11 is 0. The molecule has 0 heterocycles. The van der Waals surface area contributed by atoms with E-state index in [-0.39, 0.29) is 0 Å². The second-order valence-corrected chi connectivity index (χ2v) is 4.70. The Labute approximate surface area is 164 Å². The summed E-state index contributed by atoms with van der Waals surface area (Å²) in [7, 11) is 2.19. The van der Waals surface area contributed by atoms with Crippen LogP contribution in [0.25, 0.3) is 0 Å². The van der Waals surface area contributed by atoms with Gasteiger partial charge in [0.25, 0.3) is 0 Å². The van der Waals surface area contributed by atoms with Crippen molar-refractivity contribution >= 4 is 35.8 Å². The Kier molecular flexibility index (Phi) is 12.2. The van der Waals surface area contributed by atoms with Gasteiger partial charge in [-0.25, -0.2) is 28.8 Å². The highest BCUT2D eigenvalue weighted by Crippen LogP contribution is 2.00. The van der Waals surface area contributed by atoms with E-state index in [4.69, 9.17) is 14.6 Å². The first-order valence-corrected chi connectivity index (χ1v) is 7.65. The van der Waals surface area contributed by atoms with Gasteiger partial charge in [-0.05, 0) is 0 Å². The Morgan fingerprint density at radius 1 is 0.655 bits per heavy atom. The van der Waals surface area contributed by atoms with Crippen molar-refractivity contribution in [2.45, 2.75) is 6.10 Å². The number of hydrogen-bond acceptors (Lipinski definition) is 11. The summed E-state index contributed by atoms with van der Waals surface area (Å²) in [6, 6.07) is 0. The average Bonchev–Trinajstić information content (AvgIpc) is 2.70. The van der Waals surface area contributed by atoms with Gasteiger partial charge in [0.1, 0.15) is 13.2 Å². The number of carboxylic acids is 1. The number of carboxylic acid groups (broad SMARTS) is 1. The molecule has 0 saturated heterocycles. The molecule has 12 nitrogen and oxygen atoms in total. The third-order valence-corrected chi connectivity index (χ3v) is 2.58. The molecule has 0 bridgehead atoms. The third kappa shape index (κ3) is 13.8. The molecule has 0 radical (unpaired) electrons. The van der Waals surface area contributed by atoms with Crippen LogP contribution in [0.15, 0.2) is 36.5 Å². The monoisotopic (exact) mass is 414 g/mol. The van der Waals surface area contributed by atoms with E-state index in [1.54, 1.807) is 0 Å². The smallest absolute Gasteiger partial charge is 0.331 e. The van der Waals surface area contributed by atoms with Crippen molar-refractivity contribution < 1.29 is 57.6 Å². The number of rotatable bonds is 11. The molecule has 29 heavy (non-hydrogen) atoms. The van der Waals surface area contributed by atoms with Crippen molar-refractivity contribution in [2.75, 3.05) is 27.4 Å². The number of carbonyl (C=O) groups excluding carboxylic acids is 5. The summed E-state index contributed by atoms with van der Waals surface area (Å²) in [5, 5.41) is 8.43. The van der Waals surface area contributed by atoms with Crippen LogP contribution in [0.2, 0.25) is 0 Å². The zero-order chi connectivity index (χ0) is 22.2. The maximum atomic E-state index is 11.7. The Morgan fingerprint density at radius 3 is 1.45 bits per heavy atom. The molecule has 0 rings (SSSR count). The Balaban J connectivity index is 4.89. The maximum absolute atomic E-state index is 11.7. The summed E-state index contributed by atoms with van der Waals surface area (Å²) in [5.41, 5.74) is 0. The lowest BCUT2D eigenvalue weighted by molar-refractivity contribution is -0.160. The van der Waals surface area contributed by atoms with E-state index in [2.05, 4.69) is 14.2 Å². The van der Waals surface area contributed by atoms with Gasteiger partial charge >= 0.3 is 35.8 Å². The molecular weight excluding hydrogens is 396 g/mol. The zero-order valence-corrected chi connectivity index (χ0v) is 15.4. The predicted molar refractivity (Wildman–Crippen MR) is 90.9 cm³/mol. The van der Waals surface area contributed by atoms with Crippen LogP contribution in [0.4, 0.5) is 0 Å². The lowest BCUT2D eigenvalue weighted by Crippen LogP contribution is -2.30. The van der Waals surface area contributed by atoms with Crippen LogP contribution in [0.5, 0.6) is 0 Å². The summed E-state index contributed by atoms with van der Waals surface area (Å²) in [4.78, 5) is 66.8. The molecule has 0 aliphatic carbocycles. The molecular formula is C17H18O12. The molecule has 0 aromatic heterocycles. The van der Waals surface area contributed by atoms with Gasteiger partial charge in [-0.3, -0.25) is 0 Å². The number of aliphatic carboxylic acids is 1. The van der Waals surface area contributed by atoms with Gasteiger partial charge in [0.05, 0.1) is 14.2 Å². The van der Waals surface area contributed by atoms with Crippen LogP contribution in [-0.2, 0) is 52.5 Å². The highest BCUT2D eigenvalue weighted by atomic mass is 16.6. The molecule has 0 saturated carbocycles. The molecule has 0 aliphatic heterocycles. The Bertz CT molecular complexity index is 716. The number of ether oxygens (including phenoxy) is 5. The minimum atomic E-state index is -1.39. The van der Waals surface area contributed by atoms with E-state index >= 15 is 0 Å². The van der Waals surface area contributed by atoms with E-state index in [1.807, 2.05) is 0 Å². The van der Waals surface area contributed by atoms with Crippen molar-refractivity contribution in [3.63, 3.8) is 0 Å². The van der Waals surface area contributed by atoms with Crippen molar-refractivity contribution in [1.82, 2.24) is 0 Å². The quantitative estimate of drug-likeness (QED) is 0.251. The van der Waals surface area contributed by atoms with Crippen LogP contribution < -0.4 is 0 Å². The van der Waals surface area contributed by atoms with E-state index in [0.29, 0.717) is 12.2 Å². The molecule has 1 unspecified atom stereocenters. The zero-order valence-electron chi connectivity index (χ0n) is 15.4. The number of methoxy groups -OCH3 is 2. The highest BCUT2D eigenvalue weighted by Gasteiger charge is 2.18. The van der Waals surface area contributed by atoms with Crippen molar-refractivity contribution in [3.05, 3.63) is 36.5 Å². The summed E-state index contributed by atoms with van der Waals surface area (Å²) in [6.45, 7) is -1.19. The van der Waals surface area contributed by atoms with Crippen molar-refractivity contribution in [2.24, 2.45) is 0 Å². The summed E-state index contributed by atoms with van der Waals surface area (Å²) in [6.07, 6.45) is 2.88. The van der Waals surface area contributed by atoms with Crippen LogP contribution in [-0.4, -0.2) is 74.5 Å². The summed E-state index contributed by atoms with van der Waals surface area (Å²) in [5.74, 6) is -6.11. The van der Waals surface area contributed by atoms with Crippen molar-refractivity contribution in [3.8, 4) is 0 Å². The van der Waals surface area contributed by atoms with E-state index in [0.717, 1.165) is 38.5 Å². The minimum absolute atomic E-state index is 0.528. The molecule has 12 heteroatoms. The Hall–Kier alpha value is -3.96. The van der Waals surface area contributed by atoms with Gasteiger partial charge in [0.15, 0.2) is 6.10 Å².